The highest BCUT2D eigenvalue weighted by atomic mass is 16.5. The van der Waals surface area contributed by atoms with Crippen LogP contribution in [-0.2, 0) is 16.1 Å². The number of aryl methyl sites for hydroxylation is 1. The zero-order valence-electron chi connectivity index (χ0n) is 18.8. The molecule has 0 amide bonds. The van der Waals surface area contributed by atoms with Crippen molar-refractivity contribution >= 4 is 17.2 Å². The predicted molar refractivity (Wildman–Crippen MR) is 125 cm³/mol. The van der Waals surface area contributed by atoms with E-state index < -0.39 is 0 Å². The number of hydrogen-bond acceptors (Lipinski definition) is 4. The van der Waals surface area contributed by atoms with Gasteiger partial charge >= 0.3 is 5.97 Å². The number of anilines is 1. The molecule has 2 aliphatic rings. The van der Waals surface area contributed by atoms with Gasteiger partial charge in [-0.05, 0) is 48.6 Å². The van der Waals surface area contributed by atoms with Gasteiger partial charge in [0.25, 0.3) is 0 Å². The van der Waals surface area contributed by atoms with Crippen LogP contribution in [0.2, 0.25) is 0 Å². The summed E-state index contributed by atoms with van der Waals surface area (Å²) in [5.41, 5.74) is 9.47. The number of likely N-dealkylation sites (tertiary alicyclic amines) is 1. The van der Waals surface area contributed by atoms with Gasteiger partial charge in [-0.3, -0.25) is 4.79 Å². The van der Waals surface area contributed by atoms with E-state index in [-0.39, 0.29) is 5.97 Å². The third-order valence-corrected chi connectivity index (χ3v) is 5.87. The van der Waals surface area contributed by atoms with Crippen LogP contribution in [0.25, 0.3) is 5.57 Å². The fraction of sp³-hybridized carbons (Fsp3) is 0.423. The van der Waals surface area contributed by atoms with Gasteiger partial charge in [0.15, 0.2) is 0 Å². The van der Waals surface area contributed by atoms with Crippen LogP contribution in [0, 0.1) is 6.92 Å². The van der Waals surface area contributed by atoms with E-state index in [1.807, 2.05) is 13.8 Å². The molecule has 0 unspecified atom stereocenters. The number of hydrogen-bond donors (Lipinski definition) is 1. The van der Waals surface area contributed by atoms with Crippen molar-refractivity contribution < 1.29 is 9.53 Å². The fourth-order valence-corrected chi connectivity index (χ4v) is 4.30. The molecule has 0 radical (unpaired) electrons. The topological polar surface area (TPSA) is 41.6 Å². The van der Waals surface area contributed by atoms with Crippen molar-refractivity contribution in [2.75, 3.05) is 32.1 Å². The monoisotopic (exact) mass is 406 g/mol. The number of fused-ring (bicyclic) bond motifs is 2. The zero-order chi connectivity index (χ0) is 21.5. The number of esters is 1. The Morgan fingerprint density at radius 1 is 1.07 bits per heavy atom. The van der Waals surface area contributed by atoms with Crippen molar-refractivity contribution in [2.45, 2.75) is 46.6 Å². The van der Waals surface area contributed by atoms with Crippen LogP contribution < -0.4 is 5.32 Å². The molecule has 1 fully saturated rings. The van der Waals surface area contributed by atoms with E-state index in [1.54, 1.807) is 0 Å². The smallest absolute Gasteiger partial charge is 0.306 e. The molecular formula is C26H34N2O2. The van der Waals surface area contributed by atoms with Gasteiger partial charge in [0.1, 0.15) is 0 Å². The molecule has 0 aromatic heterocycles. The first-order chi connectivity index (χ1) is 14.7. The van der Waals surface area contributed by atoms with Gasteiger partial charge in [0.05, 0.1) is 13.5 Å². The molecule has 30 heavy (non-hydrogen) atoms. The van der Waals surface area contributed by atoms with E-state index in [0.29, 0.717) is 6.42 Å². The fourth-order valence-electron chi connectivity index (χ4n) is 4.30. The van der Waals surface area contributed by atoms with E-state index in [0.717, 1.165) is 39.0 Å². The molecule has 4 heteroatoms. The van der Waals surface area contributed by atoms with Crippen molar-refractivity contribution in [1.29, 1.82) is 0 Å². The number of carbonyl (C=O) groups is 1. The number of carbonyl (C=O) groups excluding carboxylic acids is 1. The average molecular weight is 407 g/mol. The lowest BCUT2D eigenvalue weighted by atomic mass is 9.86. The third-order valence-electron chi connectivity index (χ3n) is 5.87. The number of nitrogens with zero attached hydrogens (tertiary/aromatic N) is 1. The van der Waals surface area contributed by atoms with Crippen LogP contribution in [0.1, 0.15) is 55.4 Å². The lowest BCUT2D eigenvalue weighted by molar-refractivity contribution is -0.141. The Morgan fingerprint density at radius 2 is 1.80 bits per heavy atom. The summed E-state index contributed by atoms with van der Waals surface area (Å²) < 4.78 is 4.78. The average Bonchev–Trinajstić information content (AvgIpc) is 2.95. The van der Waals surface area contributed by atoms with Crippen LogP contribution in [0.5, 0.6) is 0 Å². The minimum Gasteiger partial charge on any atom is -0.469 e. The Morgan fingerprint density at radius 3 is 2.53 bits per heavy atom. The van der Waals surface area contributed by atoms with Gasteiger partial charge < -0.3 is 15.0 Å². The second-order valence-electron chi connectivity index (χ2n) is 7.71. The van der Waals surface area contributed by atoms with Crippen molar-refractivity contribution in [1.82, 2.24) is 4.90 Å². The van der Waals surface area contributed by atoms with Crippen molar-refractivity contribution in [3.8, 4) is 0 Å². The van der Waals surface area contributed by atoms with Crippen LogP contribution in [0.15, 0.2) is 48.0 Å². The highest BCUT2D eigenvalue weighted by Crippen LogP contribution is 2.40. The van der Waals surface area contributed by atoms with Crippen LogP contribution in [-0.4, -0.2) is 37.6 Å². The molecular weight excluding hydrogens is 372 g/mol. The molecule has 2 aromatic carbocycles. The Bertz CT molecular complexity index is 907. The summed E-state index contributed by atoms with van der Waals surface area (Å²) in [6, 6.07) is 15.5. The van der Waals surface area contributed by atoms with E-state index in [4.69, 9.17) is 4.74 Å². The number of nitrogens with one attached hydrogen (secondary N) is 1. The summed E-state index contributed by atoms with van der Waals surface area (Å²) in [5, 5.41) is 3.63. The minimum absolute atomic E-state index is 0.127. The molecule has 0 saturated carbocycles. The van der Waals surface area contributed by atoms with Crippen LogP contribution in [0.4, 0.5) is 5.69 Å². The standard InChI is InChI=1S/C24H28N2O2.C2H6/c1-17-7-8-22-21(15-17)24(20-6-4-3-5-19(20)16-25-22)18-9-12-26(13-10-18)14-11-23(27)28-2;1-2/h3-8,15,25H,9-14,16H2,1-2H3;1-2H3. The van der Waals surface area contributed by atoms with Crippen LogP contribution >= 0.6 is 0 Å². The molecule has 4 nitrogen and oxygen atoms in total. The Labute approximate surface area is 180 Å². The lowest BCUT2D eigenvalue weighted by Gasteiger charge is -2.30. The maximum Gasteiger partial charge on any atom is 0.306 e. The van der Waals surface area contributed by atoms with Gasteiger partial charge in [-0.2, -0.15) is 0 Å². The molecule has 160 valence electrons. The summed E-state index contributed by atoms with van der Waals surface area (Å²) in [5.74, 6) is -0.127. The maximum atomic E-state index is 11.4. The number of ether oxygens (including phenoxy) is 1. The highest BCUT2D eigenvalue weighted by Gasteiger charge is 2.24. The molecule has 0 aliphatic carbocycles. The molecule has 0 atom stereocenters. The highest BCUT2D eigenvalue weighted by molar-refractivity contribution is 5.90. The van der Waals surface area contributed by atoms with E-state index >= 15 is 0 Å². The summed E-state index contributed by atoms with van der Waals surface area (Å²) in [4.78, 5) is 13.8. The van der Waals surface area contributed by atoms with E-state index in [2.05, 4.69) is 59.6 Å². The van der Waals surface area contributed by atoms with Gasteiger partial charge in [0.2, 0.25) is 0 Å². The molecule has 2 aromatic rings. The number of rotatable bonds is 3. The predicted octanol–water partition coefficient (Wildman–Crippen LogP) is 5.41. The minimum atomic E-state index is -0.127. The van der Waals surface area contributed by atoms with Crippen molar-refractivity contribution in [2.24, 2.45) is 0 Å². The van der Waals surface area contributed by atoms with Gasteiger partial charge in [-0.15, -0.1) is 0 Å². The first kappa shape index (κ1) is 22.1. The quantitative estimate of drug-likeness (QED) is 0.692. The van der Waals surface area contributed by atoms with Crippen molar-refractivity contribution in [3.05, 3.63) is 70.3 Å². The van der Waals surface area contributed by atoms with E-state index in [9.17, 15) is 4.79 Å². The molecule has 1 N–H and O–H groups in total. The molecule has 0 bridgehead atoms. The first-order valence-electron chi connectivity index (χ1n) is 11.1. The van der Waals surface area contributed by atoms with Gasteiger partial charge in [0, 0.05) is 37.4 Å². The van der Waals surface area contributed by atoms with Gasteiger partial charge in [-0.25, -0.2) is 0 Å². The summed E-state index contributed by atoms with van der Waals surface area (Å²) in [6.07, 6.45) is 2.55. The third kappa shape index (κ3) is 4.93. The molecule has 2 heterocycles. The Balaban J connectivity index is 0.00000124. The summed E-state index contributed by atoms with van der Waals surface area (Å²) in [6.45, 7) is 9.78. The summed E-state index contributed by atoms with van der Waals surface area (Å²) in [7, 11) is 1.46. The molecule has 1 saturated heterocycles. The van der Waals surface area contributed by atoms with Crippen molar-refractivity contribution in [3.63, 3.8) is 0 Å². The second kappa shape index (κ2) is 10.4. The SMILES string of the molecule is CC.COC(=O)CCN1CCC(=C2c3ccccc3CNc3ccc(C)cc32)CC1. The van der Waals surface area contributed by atoms with Gasteiger partial charge in [-0.1, -0.05) is 55.3 Å². The zero-order valence-corrected chi connectivity index (χ0v) is 18.8. The lowest BCUT2D eigenvalue weighted by Crippen LogP contribution is -2.33. The number of piperidine rings is 1. The van der Waals surface area contributed by atoms with Crippen LogP contribution in [0.3, 0.4) is 0 Å². The largest absolute Gasteiger partial charge is 0.469 e. The molecule has 0 spiro atoms. The number of benzene rings is 2. The van der Waals surface area contributed by atoms with E-state index in [1.165, 1.54) is 46.2 Å². The maximum absolute atomic E-state index is 11.4. The number of methoxy groups -OCH3 is 1. The first-order valence-corrected chi connectivity index (χ1v) is 11.1. The summed E-state index contributed by atoms with van der Waals surface area (Å²) >= 11 is 0. The molecule has 4 rings (SSSR count). The molecule has 2 aliphatic heterocycles. The Kier molecular flexibility index (Phi) is 7.69. The normalized spacial score (nSPS) is 15.7. The Hall–Kier alpha value is -2.59. The second-order valence-corrected chi connectivity index (χ2v) is 7.71.